The Labute approximate surface area is 133 Å². The van der Waals surface area contributed by atoms with E-state index in [4.69, 9.17) is 0 Å². The molecule has 1 aromatic carbocycles. The van der Waals surface area contributed by atoms with Gasteiger partial charge in [0.05, 0.1) is 0 Å². The first kappa shape index (κ1) is 15.5. The van der Waals surface area contributed by atoms with Crippen LogP contribution in [0.15, 0.2) is 35.1 Å². The Morgan fingerprint density at radius 1 is 1.39 bits per heavy atom. The summed E-state index contributed by atoms with van der Waals surface area (Å²) in [5.41, 5.74) is 2.06. The van der Waals surface area contributed by atoms with Crippen molar-refractivity contribution in [2.24, 2.45) is 5.92 Å². The van der Waals surface area contributed by atoms with Crippen molar-refractivity contribution in [1.82, 2.24) is 10.3 Å². The van der Waals surface area contributed by atoms with Gasteiger partial charge in [0, 0.05) is 17.8 Å². The minimum atomic E-state index is -0.476. The zero-order chi connectivity index (χ0) is 16.4. The van der Waals surface area contributed by atoms with Gasteiger partial charge in [-0.2, -0.15) is 0 Å². The third-order valence-electron chi connectivity index (χ3n) is 4.31. The van der Waals surface area contributed by atoms with Gasteiger partial charge in [0.15, 0.2) is 0 Å². The highest BCUT2D eigenvalue weighted by Crippen LogP contribution is 2.23. The van der Waals surface area contributed by atoms with E-state index in [0.29, 0.717) is 11.5 Å². The van der Waals surface area contributed by atoms with Gasteiger partial charge in [-0.15, -0.1) is 0 Å². The molecule has 0 saturated heterocycles. The first-order valence-electron chi connectivity index (χ1n) is 7.81. The zero-order valence-corrected chi connectivity index (χ0v) is 13.0. The van der Waals surface area contributed by atoms with Gasteiger partial charge < -0.3 is 10.3 Å². The van der Waals surface area contributed by atoms with Gasteiger partial charge in [-0.05, 0) is 42.9 Å². The molecule has 0 bridgehead atoms. The smallest absolute Gasteiger partial charge is 0.261 e. The number of rotatable bonds is 3. The molecule has 2 aromatic rings. The number of benzene rings is 1. The number of amides is 1. The minimum Gasteiger partial charge on any atom is -0.348 e. The Balaban J connectivity index is 1.79. The molecule has 1 aliphatic rings. The molecule has 1 aromatic heterocycles. The SMILES string of the molecule is CC1CCc2[nH]c(=O)c(C(=O)NCc3ccccc3F)cc2C1. The highest BCUT2D eigenvalue weighted by molar-refractivity contribution is 5.94. The molecule has 0 aliphatic heterocycles. The highest BCUT2D eigenvalue weighted by Gasteiger charge is 2.20. The molecule has 2 N–H and O–H groups in total. The third kappa shape index (κ3) is 3.33. The van der Waals surface area contributed by atoms with E-state index >= 15 is 0 Å². The van der Waals surface area contributed by atoms with Gasteiger partial charge in [-0.3, -0.25) is 9.59 Å². The van der Waals surface area contributed by atoms with Crippen LogP contribution in [-0.2, 0) is 19.4 Å². The summed E-state index contributed by atoms with van der Waals surface area (Å²) in [6.07, 6.45) is 2.74. The fourth-order valence-corrected chi connectivity index (χ4v) is 2.97. The monoisotopic (exact) mass is 314 g/mol. The number of hydrogen-bond donors (Lipinski definition) is 2. The van der Waals surface area contributed by atoms with Gasteiger partial charge in [0.2, 0.25) is 0 Å². The van der Waals surface area contributed by atoms with Crippen LogP contribution >= 0.6 is 0 Å². The summed E-state index contributed by atoms with van der Waals surface area (Å²) in [7, 11) is 0. The number of hydrogen-bond acceptors (Lipinski definition) is 2. The van der Waals surface area contributed by atoms with E-state index in [1.54, 1.807) is 24.3 Å². The molecular formula is C18H19FN2O2. The Hall–Kier alpha value is -2.43. The number of aromatic amines is 1. The average Bonchev–Trinajstić information content (AvgIpc) is 2.53. The van der Waals surface area contributed by atoms with Gasteiger partial charge in [0.1, 0.15) is 11.4 Å². The lowest BCUT2D eigenvalue weighted by molar-refractivity contribution is 0.0949. The maximum atomic E-state index is 13.6. The van der Waals surface area contributed by atoms with Crippen molar-refractivity contribution >= 4 is 5.91 Å². The first-order chi connectivity index (χ1) is 11.0. The van der Waals surface area contributed by atoms with Crippen LogP contribution in [0.1, 0.15) is 40.5 Å². The Morgan fingerprint density at radius 2 is 2.17 bits per heavy atom. The van der Waals surface area contributed by atoms with Crippen LogP contribution in [0.2, 0.25) is 0 Å². The number of carbonyl (C=O) groups is 1. The van der Waals surface area contributed by atoms with Crippen molar-refractivity contribution < 1.29 is 9.18 Å². The molecular weight excluding hydrogens is 295 g/mol. The normalized spacial score (nSPS) is 16.7. The molecule has 1 heterocycles. The quantitative estimate of drug-likeness (QED) is 0.914. The second kappa shape index (κ2) is 6.36. The van der Waals surface area contributed by atoms with Crippen LogP contribution in [0, 0.1) is 11.7 Å². The van der Waals surface area contributed by atoms with Crippen LogP contribution in [0.25, 0.3) is 0 Å². The Morgan fingerprint density at radius 3 is 2.96 bits per heavy atom. The second-order valence-corrected chi connectivity index (χ2v) is 6.14. The molecule has 3 rings (SSSR count). The summed E-state index contributed by atoms with van der Waals surface area (Å²) in [5.74, 6) is -0.306. The minimum absolute atomic E-state index is 0.0540. The van der Waals surface area contributed by atoms with Crippen LogP contribution in [-0.4, -0.2) is 10.9 Å². The highest BCUT2D eigenvalue weighted by atomic mass is 19.1. The number of carbonyl (C=O) groups excluding carboxylic acids is 1. The summed E-state index contributed by atoms with van der Waals surface area (Å²) in [6, 6.07) is 7.93. The molecule has 23 heavy (non-hydrogen) atoms. The molecule has 1 unspecified atom stereocenters. The standard InChI is InChI=1S/C18H19FN2O2/c1-11-6-7-16-13(8-11)9-14(18(23)21-16)17(22)20-10-12-4-2-3-5-15(12)19/h2-5,9,11H,6-8,10H2,1H3,(H,20,22)(H,21,23). The van der Waals surface area contributed by atoms with E-state index in [1.807, 2.05) is 0 Å². The fraction of sp³-hybridized carbons (Fsp3) is 0.333. The van der Waals surface area contributed by atoms with Crippen molar-refractivity contribution in [3.63, 3.8) is 0 Å². The van der Waals surface area contributed by atoms with E-state index < -0.39 is 5.91 Å². The largest absolute Gasteiger partial charge is 0.348 e. The van der Waals surface area contributed by atoms with Crippen molar-refractivity contribution in [3.8, 4) is 0 Å². The molecule has 1 amide bonds. The maximum absolute atomic E-state index is 13.6. The van der Waals surface area contributed by atoms with Crippen LogP contribution < -0.4 is 10.9 Å². The lowest BCUT2D eigenvalue weighted by Gasteiger charge is -2.21. The summed E-state index contributed by atoms with van der Waals surface area (Å²) in [6.45, 7) is 2.21. The van der Waals surface area contributed by atoms with Gasteiger partial charge in [-0.1, -0.05) is 25.1 Å². The molecule has 1 aliphatic carbocycles. The van der Waals surface area contributed by atoms with E-state index in [-0.39, 0.29) is 23.5 Å². The predicted molar refractivity (Wildman–Crippen MR) is 85.8 cm³/mol. The number of H-pyrrole nitrogens is 1. The molecule has 0 fully saturated rings. The molecule has 4 nitrogen and oxygen atoms in total. The second-order valence-electron chi connectivity index (χ2n) is 6.14. The van der Waals surface area contributed by atoms with Crippen LogP contribution in [0.4, 0.5) is 4.39 Å². The number of aromatic nitrogens is 1. The fourth-order valence-electron chi connectivity index (χ4n) is 2.97. The number of aryl methyl sites for hydroxylation is 1. The van der Waals surface area contributed by atoms with Crippen molar-refractivity contribution in [3.05, 3.63) is 68.9 Å². The van der Waals surface area contributed by atoms with Crippen molar-refractivity contribution in [2.75, 3.05) is 0 Å². The molecule has 5 heteroatoms. The number of nitrogens with one attached hydrogen (secondary N) is 2. The molecule has 1 atom stereocenters. The van der Waals surface area contributed by atoms with Gasteiger partial charge >= 0.3 is 0 Å². The lowest BCUT2D eigenvalue weighted by Crippen LogP contribution is -2.31. The molecule has 120 valence electrons. The topological polar surface area (TPSA) is 62.0 Å². The van der Waals surface area contributed by atoms with Crippen molar-refractivity contribution in [1.29, 1.82) is 0 Å². The van der Waals surface area contributed by atoms with E-state index in [1.165, 1.54) is 6.07 Å². The molecule has 0 spiro atoms. The molecule has 0 radical (unpaired) electrons. The zero-order valence-electron chi connectivity index (χ0n) is 13.0. The summed E-state index contributed by atoms with van der Waals surface area (Å²) < 4.78 is 13.6. The summed E-state index contributed by atoms with van der Waals surface area (Å²) >= 11 is 0. The summed E-state index contributed by atoms with van der Waals surface area (Å²) in [4.78, 5) is 27.2. The van der Waals surface area contributed by atoms with E-state index in [2.05, 4.69) is 17.2 Å². The number of halogens is 1. The van der Waals surface area contributed by atoms with Crippen LogP contribution in [0.3, 0.4) is 0 Å². The molecule has 0 saturated carbocycles. The maximum Gasteiger partial charge on any atom is 0.261 e. The third-order valence-corrected chi connectivity index (χ3v) is 4.31. The van der Waals surface area contributed by atoms with Crippen LogP contribution in [0.5, 0.6) is 0 Å². The number of fused-ring (bicyclic) bond motifs is 1. The lowest BCUT2D eigenvalue weighted by atomic mass is 9.87. The van der Waals surface area contributed by atoms with E-state index in [9.17, 15) is 14.0 Å². The van der Waals surface area contributed by atoms with Crippen molar-refractivity contribution in [2.45, 2.75) is 32.7 Å². The predicted octanol–water partition coefficient (Wildman–Crippen LogP) is 2.57. The Kier molecular flexibility index (Phi) is 4.28. The average molecular weight is 314 g/mol. The van der Waals surface area contributed by atoms with E-state index in [0.717, 1.165) is 30.5 Å². The first-order valence-corrected chi connectivity index (χ1v) is 7.81. The van der Waals surface area contributed by atoms with Gasteiger partial charge in [-0.25, -0.2) is 4.39 Å². The summed E-state index contributed by atoms with van der Waals surface area (Å²) in [5, 5.41) is 2.62. The Bertz CT molecular complexity index is 798. The number of pyridine rings is 1. The van der Waals surface area contributed by atoms with Gasteiger partial charge in [0.25, 0.3) is 11.5 Å².